The third-order valence-corrected chi connectivity index (χ3v) is 2.85. The number of benzene rings is 1. The van der Waals surface area contributed by atoms with Crippen molar-refractivity contribution in [3.63, 3.8) is 0 Å². The molecular weight excluding hydrogens is 266 g/mol. The molecule has 0 radical (unpaired) electrons. The Morgan fingerprint density at radius 3 is 2.84 bits per heavy atom. The van der Waals surface area contributed by atoms with Crippen molar-refractivity contribution in [2.75, 3.05) is 12.5 Å². The summed E-state index contributed by atoms with van der Waals surface area (Å²) in [6.07, 6.45) is 1.68. The van der Waals surface area contributed by atoms with Crippen LogP contribution >= 0.6 is 11.6 Å². The second-order valence-corrected chi connectivity index (χ2v) is 4.33. The van der Waals surface area contributed by atoms with Crippen LogP contribution in [-0.2, 0) is 7.05 Å². The number of aryl methyl sites for hydroxylation is 1. The van der Waals surface area contributed by atoms with Crippen LogP contribution in [0.15, 0.2) is 30.5 Å². The zero-order chi connectivity index (χ0) is 13.8. The minimum atomic E-state index is -0.479. The van der Waals surface area contributed by atoms with Gasteiger partial charge in [-0.1, -0.05) is 0 Å². The fourth-order valence-electron chi connectivity index (χ4n) is 1.80. The molecule has 2 N–H and O–H groups in total. The van der Waals surface area contributed by atoms with Gasteiger partial charge in [-0.05, 0) is 24.3 Å². The van der Waals surface area contributed by atoms with E-state index in [1.165, 1.54) is 0 Å². The highest BCUT2D eigenvalue weighted by Crippen LogP contribution is 2.30. The quantitative estimate of drug-likeness (QED) is 0.849. The normalized spacial score (nSPS) is 10.4. The summed E-state index contributed by atoms with van der Waals surface area (Å²) >= 11 is 5.62. The van der Waals surface area contributed by atoms with Gasteiger partial charge in [-0.2, -0.15) is 5.10 Å². The van der Waals surface area contributed by atoms with Crippen molar-refractivity contribution in [2.45, 2.75) is 0 Å². The summed E-state index contributed by atoms with van der Waals surface area (Å²) < 4.78 is 7.28. The number of ether oxygens (including phenoxy) is 1. The Hall–Kier alpha value is -2.01. The van der Waals surface area contributed by atoms with E-state index < -0.39 is 5.91 Å². The minimum absolute atomic E-state index is 0.391. The Labute approximate surface area is 115 Å². The Bertz CT molecular complexity index is 595. The number of hydrogen-bond acceptors (Lipinski definition) is 3. The van der Waals surface area contributed by atoms with Gasteiger partial charge >= 0.3 is 0 Å². The van der Waals surface area contributed by atoms with Crippen LogP contribution in [0.25, 0.3) is 11.3 Å². The van der Waals surface area contributed by atoms with Crippen LogP contribution in [0.4, 0.5) is 0 Å². The molecule has 2 aromatic rings. The number of alkyl halides is 1. The van der Waals surface area contributed by atoms with Crippen molar-refractivity contribution < 1.29 is 9.53 Å². The molecule has 0 fully saturated rings. The van der Waals surface area contributed by atoms with Crippen LogP contribution in [0.2, 0.25) is 0 Å². The van der Waals surface area contributed by atoms with Crippen molar-refractivity contribution in [1.29, 1.82) is 0 Å². The molecule has 0 aliphatic heterocycles. The molecule has 2 rings (SSSR count). The number of primary amides is 1. The summed E-state index contributed by atoms with van der Waals surface area (Å²) in [5, 5.41) is 4.11. The van der Waals surface area contributed by atoms with Crippen molar-refractivity contribution >= 4 is 17.5 Å². The van der Waals surface area contributed by atoms with E-state index >= 15 is 0 Å². The Balaban J connectivity index is 2.50. The maximum absolute atomic E-state index is 11.3. The predicted octanol–water partition coefficient (Wildman–Crippen LogP) is 1.80. The van der Waals surface area contributed by atoms with Crippen molar-refractivity contribution in [2.24, 2.45) is 12.8 Å². The third-order valence-electron chi connectivity index (χ3n) is 2.70. The number of carbonyl (C=O) groups is 1. The average molecular weight is 280 g/mol. The van der Waals surface area contributed by atoms with E-state index in [4.69, 9.17) is 22.1 Å². The summed E-state index contributed by atoms with van der Waals surface area (Å²) in [4.78, 5) is 11.3. The molecule has 100 valence electrons. The molecule has 0 saturated heterocycles. The van der Waals surface area contributed by atoms with Gasteiger partial charge in [0.15, 0.2) is 0 Å². The molecule has 0 spiro atoms. The largest absolute Gasteiger partial charge is 0.492 e. The van der Waals surface area contributed by atoms with E-state index in [0.29, 0.717) is 23.8 Å². The van der Waals surface area contributed by atoms with E-state index in [2.05, 4.69) is 5.10 Å². The molecular formula is C13H14ClN3O2. The van der Waals surface area contributed by atoms with Gasteiger partial charge in [-0.15, -0.1) is 11.6 Å². The number of halogens is 1. The van der Waals surface area contributed by atoms with Crippen LogP contribution in [0, 0.1) is 0 Å². The summed E-state index contributed by atoms with van der Waals surface area (Å²) in [6, 6.07) is 6.89. The molecule has 0 saturated carbocycles. The molecule has 0 aliphatic rings. The second kappa shape index (κ2) is 5.75. The number of nitrogens with two attached hydrogens (primary N) is 1. The minimum Gasteiger partial charge on any atom is -0.492 e. The van der Waals surface area contributed by atoms with E-state index in [9.17, 15) is 4.79 Å². The lowest BCUT2D eigenvalue weighted by atomic mass is 10.1. The fourth-order valence-corrected chi connectivity index (χ4v) is 1.87. The number of nitrogens with zero attached hydrogens (tertiary/aromatic N) is 2. The Kier molecular flexibility index (Phi) is 4.06. The zero-order valence-corrected chi connectivity index (χ0v) is 11.2. The Morgan fingerprint density at radius 2 is 2.26 bits per heavy atom. The van der Waals surface area contributed by atoms with Gasteiger partial charge in [0, 0.05) is 24.4 Å². The highest BCUT2D eigenvalue weighted by atomic mass is 35.5. The van der Waals surface area contributed by atoms with Gasteiger partial charge in [0.2, 0.25) is 5.91 Å². The third kappa shape index (κ3) is 2.88. The summed E-state index contributed by atoms with van der Waals surface area (Å²) in [6.45, 7) is 0.391. The monoisotopic (exact) mass is 279 g/mol. The van der Waals surface area contributed by atoms with E-state index in [1.807, 2.05) is 13.1 Å². The first-order chi connectivity index (χ1) is 9.13. The van der Waals surface area contributed by atoms with Crippen molar-refractivity contribution in [3.05, 3.63) is 36.0 Å². The van der Waals surface area contributed by atoms with E-state index in [1.54, 1.807) is 29.1 Å². The number of amides is 1. The van der Waals surface area contributed by atoms with Crippen molar-refractivity contribution in [3.8, 4) is 17.0 Å². The van der Waals surface area contributed by atoms with Crippen molar-refractivity contribution in [1.82, 2.24) is 9.78 Å². The maximum Gasteiger partial charge on any atom is 0.248 e. The predicted molar refractivity (Wildman–Crippen MR) is 73.4 cm³/mol. The van der Waals surface area contributed by atoms with E-state index in [0.717, 1.165) is 11.3 Å². The van der Waals surface area contributed by atoms with Gasteiger partial charge in [-0.3, -0.25) is 9.48 Å². The number of aromatic nitrogens is 2. The average Bonchev–Trinajstić information content (AvgIpc) is 2.82. The van der Waals surface area contributed by atoms with E-state index in [-0.39, 0.29) is 0 Å². The first-order valence-electron chi connectivity index (χ1n) is 5.74. The van der Waals surface area contributed by atoms with Crippen LogP contribution in [0.5, 0.6) is 5.75 Å². The molecule has 1 aromatic heterocycles. The molecule has 19 heavy (non-hydrogen) atoms. The molecule has 1 aromatic carbocycles. The van der Waals surface area contributed by atoms with Crippen LogP contribution in [0.1, 0.15) is 10.4 Å². The molecule has 0 aliphatic carbocycles. The van der Waals surface area contributed by atoms with Gasteiger partial charge in [-0.25, -0.2) is 0 Å². The number of carbonyl (C=O) groups excluding carboxylic acids is 1. The lowest BCUT2D eigenvalue weighted by Crippen LogP contribution is -2.11. The summed E-state index contributed by atoms with van der Waals surface area (Å²) in [5.74, 6) is 0.559. The van der Waals surface area contributed by atoms with Crippen LogP contribution < -0.4 is 10.5 Å². The molecule has 0 atom stereocenters. The molecule has 1 heterocycles. The second-order valence-electron chi connectivity index (χ2n) is 3.95. The van der Waals surface area contributed by atoms with Crippen LogP contribution in [-0.4, -0.2) is 28.2 Å². The zero-order valence-electron chi connectivity index (χ0n) is 10.5. The molecule has 5 nitrogen and oxygen atoms in total. The SMILES string of the molecule is Cn1nccc1-c1cc(C(N)=O)ccc1OCCCl. The first kappa shape index (κ1) is 13.4. The van der Waals surface area contributed by atoms with Crippen LogP contribution in [0.3, 0.4) is 0 Å². The Morgan fingerprint density at radius 1 is 1.47 bits per heavy atom. The molecule has 1 amide bonds. The lowest BCUT2D eigenvalue weighted by Gasteiger charge is -2.12. The smallest absolute Gasteiger partial charge is 0.248 e. The highest BCUT2D eigenvalue weighted by Gasteiger charge is 2.13. The van der Waals surface area contributed by atoms with Gasteiger partial charge < -0.3 is 10.5 Å². The van der Waals surface area contributed by atoms with Gasteiger partial charge in [0.05, 0.1) is 11.6 Å². The standard InChI is InChI=1S/C13H14ClN3O2/c1-17-11(4-6-16-17)10-8-9(13(15)18)2-3-12(10)19-7-5-14/h2-4,6,8H,5,7H2,1H3,(H2,15,18). The number of hydrogen-bond donors (Lipinski definition) is 1. The summed E-state index contributed by atoms with van der Waals surface area (Å²) in [5.41, 5.74) is 7.33. The fraction of sp³-hybridized carbons (Fsp3) is 0.231. The van der Waals surface area contributed by atoms with Gasteiger partial charge in [0.25, 0.3) is 0 Å². The number of rotatable bonds is 5. The maximum atomic E-state index is 11.3. The topological polar surface area (TPSA) is 70.1 Å². The molecule has 6 heteroatoms. The highest BCUT2D eigenvalue weighted by molar-refractivity contribution is 6.18. The lowest BCUT2D eigenvalue weighted by molar-refractivity contribution is 0.100. The first-order valence-corrected chi connectivity index (χ1v) is 6.28. The summed E-state index contributed by atoms with van der Waals surface area (Å²) in [7, 11) is 1.82. The molecule has 0 unspecified atom stereocenters. The molecule has 0 bridgehead atoms. The van der Waals surface area contributed by atoms with Gasteiger partial charge in [0.1, 0.15) is 12.4 Å².